The van der Waals surface area contributed by atoms with E-state index < -0.39 is 0 Å². The fourth-order valence-electron chi connectivity index (χ4n) is 20.5. The molecule has 570 valence electrons. The van der Waals surface area contributed by atoms with Gasteiger partial charge >= 0.3 is 0 Å². The molecule has 0 unspecified atom stereocenters. The summed E-state index contributed by atoms with van der Waals surface area (Å²) in [6.45, 7) is 0. The lowest BCUT2D eigenvalue weighted by Gasteiger charge is -2.26. The third-order valence-electron chi connectivity index (χ3n) is 25.7. The fraction of sp³-hybridized carbons (Fsp3) is 0.0167. The molecule has 23 aromatic carbocycles. The third kappa shape index (κ3) is 12.0. The summed E-state index contributed by atoms with van der Waals surface area (Å²) in [7, 11) is 0. The van der Waals surface area contributed by atoms with Gasteiger partial charge in [0.1, 0.15) is 0 Å². The lowest BCUT2D eigenvalue weighted by Crippen LogP contribution is -2.01. The number of hydrogen-bond donors (Lipinski definition) is 0. The zero-order valence-corrected chi connectivity index (χ0v) is 69.9. The van der Waals surface area contributed by atoms with Gasteiger partial charge in [0.25, 0.3) is 0 Å². The summed E-state index contributed by atoms with van der Waals surface area (Å²) in [6, 6.07) is 165. The molecule has 122 heavy (non-hydrogen) atoms. The maximum atomic E-state index is 4.14. The van der Waals surface area contributed by atoms with Gasteiger partial charge in [0.2, 0.25) is 0 Å². The van der Waals surface area contributed by atoms with E-state index >= 15 is 0 Å². The Labute approximate surface area is 725 Å². The molecule has 0 aliphatic carbocycles. The van der Waals surface area contributed by atoms with Crippen LogP contribution in [0.2, 0.25) is 0 Å². The summed E-state index contributed by atoms with van der Waals surface area (Å²) < 4.78 is 0. The molecular weight excluding hydrogens is 1600 g/mol. The van der Waals surface area contributed by atoms with Crippen LogP contribution in [-0.4, -0.2) is 0 Å². The smallest absolute Gasteiger partial charge is 0.0292 e. The number of fused-ring (bicyclic) bond motifs is 10. The quantitative estimate of drug-likeness (QED) is 0.0752. The number of halogens is 2. The van der Waals surface area contributed by atoms with Crippen molar-refractivity contribution in [1.82, 2.24) is 0 Å². The average molecular weight is 1680 g/mol. The van der Waals surface area contributed by atoms with Crippen molar-refractivity contribution in [3.8, 4) is 134 Å². The average Bonchev–Trinajstić information content (AvgIpc) is 0.691. The summed E-state index contributed by atoms with van der Waals surface area (Å²) in [4.78, 5) is 0. The van der Waals surface area contributed by atoms with Gasteiger partial charge in [-0.15, -0.1) is 0 Å². The first-order chi connectivity index (χ1) is 60.5. The van der Waals surface area contributed by atoms with Crippen molar-refractivity contribution in [2.45, 2.75) is 10.7 Å². The molecule has 23 rings (SSSR count). The summed E-state index contributed by atoms with van der Waals surface area (Å²) >= 11 is 8.29. The SMILES string of the molecule is BrCc1c(CBr)c(-c2ccccc2)c2cc3c(-c4ccccc4)c4cc5c(-c6ccccc6)c6cc7c(-c8ccccc8)c8cc9c(-c%10ccccc%10)c%10cc%11c(-c%12ccccc%12)ccc(-c%12ccccc%12)c%11cc%10c(-c%10ccccc%10)c9cc8c(-c8ccccc8)c7cc6c(-c6ccccc6)c5cc4c(-c4ccccc4)c3cc2c1-c1ccccc1. The van der Waals surface area contributed by atoms with Crippen LogP contribution in [0.3, 0.4) is 0 Å². The first-order valence-corrected chi connectivity index (χ1v) is 44.3. The Morgan fingerprint density at radius 2 is 0.230 bits per heavy atom. The van der Waals surface area contributed by atoms with Gasteiger partial charge in [-0.2, -0.15) is 0 Å². The highest BCUT2D eigenvalue weighted by Crippen LogP contribution is 2.58. The van der Waals surface area contributed by atoms with Crippen molar-refractivity contribution < 1.29 is 0 Å². The Balaban J connectivity index is 0.933. The van der Waals surface area contributed by atoms with Gasteiger partial charge in [0.15, 0.2) is 0 Å². The maximum Gasteiger partial charge on any atom is 0.0292 e. The minimum absolute atomic E-state index is 0.673. The van der Waals surface area contributed by atoms with Crippen LogP contribution < -0.4 is 0 Å². The fourth-order valence-corrected chi connectivity index (χ4v) is 21.8. The molecule has 0 spiro atoms. The molecule has 0 saturated carbocycles. The van der Waals surface area contributed by atoms with E-state index in [1.54, 1.807) is 0 Å². The van der Waals surface area contributed by atoms with Gasteiger partial charge < -0.3 is 0 Å². The molecule has 0 aromatic heterocycles. The highest BCUT2D eigenvalue weighted by Gasteiger charge is 2.30. The van der Waals surface area contributed by atoms with Crippen LogP contribution in [0.5, 0.6) is 0 Å². The summed E-state index contributed by atoms with van der Waals surface area (Å²) in [5.41, 5.74) is 30.9. The first-order valence-electron chi connectivity index (χ1n) is 42.1. The summed E-state index contributed by atoms with van der Waals surface area (Å²) in [5.74, 6) is 0. The van der Waals surface area contributed by atoms with Crippen LogP contribution >= 0.6 is 31.9 Å². The van der Waals surface area contributed by atoms with Crippen LogP contribution in [0, 0.1) is 0 Å². The van der Waals surface area contributed by atoms with E-state index in [9.17, 15) is 0 Å². The number of alkyl halides is 2. The van der Waals surface area contributed by atoms with E-state index in [1.807, 2.05) is 0 Å². The zero-order chi connectivity index (χ0) is 80.9. The molecule has 0 bridgehead atoms. The number of benzene rings is 23. The molecule has 0 atom stereocenters. The summed E-state index contributed by atoms with van der Waals surface area (Å²) in [5, 5.41) is 25.1. The van der Waals surface area contributed by atoms with E-state index in [4.69, 9.17) is 0 Å². The normalized spacial score (nSPS) is 11.8. The van der Waals surface area contributed by atoms with Gasteiger partial charge in [-0.3, -0.25) is 0 Å². The molecule has 0 aliphatic heterocycles. The molecule has 23 aromatic rings. The topological polar surface area (TPSA) is 0 Å². The highest BCUT2D eigenvalue weighted by molar-refractivity contribution is 9.09. The van der Waals surface area contributed by atoms with Crippen LogP contribution in [0.15, 0.2) is 437 Å². The van der Waals surface area contributed by atoms with Crippen LogP contribution in [0.4, 0.5) is 0 Å². The van der Waals surface area contributed by atoms with Crippen molar-refractivity contribution in [3.05, 3.63) is 448 Å². The van der Waals surface area contributed by atoms with E-state index in [1.165, 1.54) is 208 Å². The Bertz CT molecular complexity index is 7590. The number of rotatable bonds is 14. The highest BCUT2D eigenvalue weighted by atomic mass is 79.9. The first kappa shape index (κ1) is 72.8. The molecule has 0 nitrogen and oxygen atoms in total. The van der Waals surface area contributed by atoms with E-state index in [0.29, 0.717) is 10.7 Å². The molecule has 0 aliphatic rings. The monoisotopic (exact) mass is 1670 g/mol. The van der Waals surface area contributed by atoms with Crippen molar-refractivity contribution >= 4 is 140 Å². The van der Waals surface area contributed by atoms with Crippen LogP contribution in [0.1, 0.15) is 11.1 Å². The maximum absolute atomic E-state index is 4.14. The van der Waals surface area contributed by atoms with Gasteiger partial charge in [0, 0.05) is 10.7 Å². The largest absolute Gasteiger partial charge is 0.0876 e. The van der Waals surface area contributed by atoms with Gasteiger partial charge in [-0.05, 0) is 313 Å². The molecule has 0 saturated heterocycles. The van der Waals surface area contributed by atoms with Gasteiger partial charge in [-0.1, -0.05) is 408 Å². The Kier molecular flexibility index (Phi) is 18.2. The van der Waals surface area contributed by atoms with Crippen LogP contribution in [-0.2, 0) is 10.7 Å². The second-order valence-electron chi connectivity index (χ2n) is 32.2. The minimum Gasteiger partial charge on any atom is -0.0876 e. The molecule has 0 heterocycles. The van der Waals surface area contributed by atoms with Crippen molar-refractivity contribution in [2.75, 3.05) is 0 Å². The second kappa shape index (κ2) is 30.5. The lowest BCUT2D eigenvalue weighted by molar-refractivity contribution is 1.32. The Morgan fingerprint density at radius 3 is 0.369 bits per heavy atom. The number of hydrogen-bond acceptors (Lipinski definition) is 0. The third-order valence-corrected chi connectivity index (χ3v) is 26.8. The molecule has 0 radical (unpaired) electrons. The second-order valence-corrected chi connectivity index (χ2v) is 33.4. The zero-order valence-electron chi connectivity index (χ0n) is 66.7. The van der Waals surface area contributed by atoms with Crippen molar-refractivity contribution in [1.29, 1.82) is 0 Å². The minimum atomic E-state index is 0.673. The predicted molar refractivity (Wildman–Crippen MR) is 532 cm³/mol. The predicted octanol–water partition coefficient (Wildman–Crippen LogP) is 35.0. The van der Waals surface area contributed by atoms with Gasteiger partial charge in [0.05, 0.1) is 0 Å². The van der Waals surface area contributed by atoms with Crippen molar-refractivity contribution in [3.63, 3.8) is 0 Å². The molecular formula is C120H76Br2. The Morgan fingerprint density at radius 1 is 0.115 bits per heavy atom. The summed E-state index contributed by atoms with van der Waals surface area (Å²) in [6.07, 6.45) is 0. The van der Waals surface area contributed by atoms with Crippen molar-refractivity contribution in [2.24, 2.45) is 0 Å². The Hall–Kier alpha value is -14.4. The standard InChI is InChI=1S/C120H76Br2/c121-73-109-110(74-122)120(86-59-35-12-36-60-86)108-72-106-105(71-107(108)119(109)85-57-33-11-34-58-85)117(83-53-29-9-30-54-83)103-69-101-102(70-104(103)118(106)84-55-31-10-32-56-84)116(82-51-27-8-28-52-82)100-68-98-97(67-99(100)115(101)81-49-25-7-26-50-81)113(79-45-21-5-22-46-79)95-65-93-94(66-96(95)114(98)80-47-23-6-24-48-80)112(78-43-19-4-20-44-78)92-64-90-88(76-39-15-2-16-40-76)62-61-87(75-37-13-1-14-38-75)89(90)63-91(92)111(93)77-41-17-3-18-42-77/h1-72H,73-74H2. The molecule has 0 fully saturated rings. The molecule has 0 N–H and O–H groups in total. The molecule has 2 heteroatoms. The molecule has 0 amide bonds. The van der Waals surface area contributed by atoms with E-state index in [0.717, 1.165) is 44.5 Å². The van der Waals surface area contributed by atoms with Crippen LogP contribution in [0.25, 0.3) is 241 Å². The van der Waals surface area contributed by atoms with E-state index in [-0.39, 0.29) is 0 Å². The lowest BCUT2D eigenvalue weighted by atomic mass is 9.77. The van der Waals surface area contributed by atoms with E-state index in [2.05, 4.69) is 469 Å². The van der Waals surface area contributed by atoms with Gasteiger partial charge in [-0.25, -0.2) is 0 Å².